The van der Waals surface area contributed by atoms with E-state index in [1.807, 2.05) is 35.2 Å². The van der Waals surface area contributed by atoms with Crippen molar-refractivity contribution in [2.24, 2.45) is 5.92 Å². The van der Waals surface area contributed by atoms with Crippen molar-refractivity contribution in [3.63, 3.8) is 0 Å². The number of carbonyl (C=O) groups is 1. The summed E-state index contributed by atoms with van der Waals surface area (Å²) in [4.78, 5) is 14.7. The number of halogens is 2. The fraction of sp³-hybridized carbons (Fsp3) is 0.409. The molecule has 0 saturated carbocycles. The van der Waals surface area contributed by atoms with Crippen LogP contribution in [0, 0.1) is 5.92 Å². The van der Waals surface area contributed by atoms with Gasteiger partial charge in [0.15, 0.2) is 0 Å². The lowest BCUT2D eigenvalue weighted by Gasteiger charge is -2.29. The topological polar surface area (TPSA) is 32.3 Å². The number of carbonyl (C=O) groups excluding carboxylic acids is 1. The molecule has 1 fully saturated rings. The Balaban J connectivity index is 1.55. The number of rotatable bonds is 4. The van der Waals surface area contributed by atoms with Crippen molar-refractivity contribution in [1.29, 1.82) is 0 Å². The van der Waals surface area contributed by atoms with E-state index in [0.29, 0.717) is 40.5 Å². The maximum Gasteiger partial charge on any atom is 0.256 e. The molecule has 0 aromatic heterocycles. The molecule has 0 radical (unpaired) electrons. The van der Waals surface area contributed by atoms with Crippen molar-refractivity contribution in [3.8, 4) is 0 Å². The van der Waals surface area contributed by atoms with Gasteiger partial charge in [-0.25, -0.2) is 0 Å². The Bertz CT molecular complexity index is 844. The van der Waals surface area contributed by atoms with Crippen LogP contribution in [-0.2, 0) is 13.1 Å². The molecule has 0 aliphatic carbocycles. The first-order chi connectivity index (χ1) is 13.0. The largest absolute Gasteiger partial charge is 0.330 e. The van der Waals surface area contributed by atoms with E-state index in [1.54, 1.807) is 0 Å². The second-order valence-corrected chi connectivity index (χ2v) is 8.54. The van der Waals surface area contributed by atoms with Crippen molar-refractivity contribution in [1.82, 2.24) is 10.2 Å². The number of nitrogens with zero attached hydrogens (tertiary/aromatic N) is 1. The minimum absolute atomic E-state index is 0.0195. The predicted octanol–water partition coefficient (Wildman–Crippen LogP) is 5.25. The third-order valence-electron chi connectivity index (χ3n) is 5.96. The minimum Gasteiger partial charge on any atom is -0.330 e. The van der Waals surface area contributed by atoms with E-state index in [1.165, 1.54) is 18.4 Å². The Labute approximate surface area is 170 Å². The van der Waals surface area contributed by atoms with Gasteiger partial charge in [0.05, 0.1) is 10.6 Å². The Morgan fingerprint density at radius 2 is 1.85 bits per heavy atom. The van der Waals surface area contributed by atoms with Crippen LogP contribution in [0.4, 0.5) is 0 Å². The molecule has 1 unspecified atom stereocenters. The Hall–Kier alpha value is -1.55. The van der Waals surface area contributed by atoms with Crippen LogP contribution in [0.5, 0.6) is 0 Å². The molecule has 2 aromatic rings. The normalized spacial score (nSPS) is 18.6. The molecule has 0 bridgehead atoms. The summed E-state index contributed by atoms with van der Waals surface area (Å²) in [6.07, 6.45) is 2.38. The average molecular weight is 403 g/mol. The van der Waals surface area contributed by atoms with E-state index in [4.69, 9.17) is 23.2 Å². The van der Waals surface area contributed by atoms with Crippen LogP contribution in [0.25, 0.3) is 0 Å². The first-order valence-electron chi connectivity index (χ1n) is 9.59. The van der Waals surface area contributed by atoms with Gasteiger partial charge in [-0.05, 0) is 72.7 Å². The Morgan fingerprint density at radius 1 is 1.15 bits per heavy atom. The monoisotopic (exact) mass is 402 g/mol. The third-order valence-corrected chi connectivity index (χ3v) is 6.51. The first-order valence-corrected chi connectivity index (χ1v) is 10.4. The van der Waals surface area contributed by atoms with Gasteiger partial charge in [0.25, 0.3) is 5.91 Å². The zero-order chi connectivity index (χ0) is 19.0. The van der Waals surface area contributed by atoms with E-state index >= 15 is 0 Å². The predicted molar refractivity (Wildman–Crippen MR) is 110 cm³/mol. The molecule has 2 aromatic carbocycles. The van der Waals surface area contributed by atoms with Gasteiger partial charge < -0.3 is 10.2 Å². The summed E-state index contributed by atoms with van der Waals surface area (Å²) in [5.41, 5.74) is 4.05. The molecule has 1 saturated heterocycles. The minimum atomic E-state index is 0.0195. The van der Waals surface area contributed by atoms with Crippen LogP contribution < -0.4 is 5.32 Å². The van der Waals surface area contributed by atoms with Gasteiger partial charge in [0, 0.05) is 18.1 Å². The van der Waals surface area contributed by atoms with Crippen LogP contribution in [0.15, 0.2) is 36.4 Å². The highest BCUT2D eigenvalue weighted by Gasteiger charge is 2.31. The summed E-state index contributed by atoms with van der Waals surface area (Å²) >= 11 is 12.5. The average Bonchev–Trinajstić information content (AvgIpc) is 2.99. The summed E-state index contributed by atoms with van der Waals surface area (Å²) in [6.45, 7) is 5.64. The zero-order valence-electron chi connectivity index (χ0n) is 15.5. The molecular weight excluding hydrogens is 379 g/mol. The number of fused-ring (bicyclic) bond motifs is 1. The Morgan fingerprint density at radius 3 is 2.56 bits per heavy atom. The van der Waals surface area contributed by atoms with Gasteiger partial charge in [-0.3, -0.25) is 4.79 Å². The van der Waals surface area contributed by atoms with E-state index in [-0.39, 0.29) is 5.91 Å². The van der Waals surface area contributed by atoms with Crippen molar-refractivity contribution in [3.05, 3.63) is 68.7 Å². The van der Waals surface area contributed by atoms with Crippen LogP contribution in [-0.4, -0.2) is 23.9 Å². The highest BCUT2D eigenvalue weighted by molar-refractivity contribution is 6.34. The van der Waals surface area contributed by atoms with Crippen LogP contribution in [0.1, 0.15) is 52.7 Å². The van der Waals surface area contributed by atoms with Crippen molar-refractivity contribution in [2.75, 3.05) is 13.1 Å². The van der Waals surface area contributed by atoms with Gasteiger partial charge in [0.1, 0.15) is 0 Å². The maximum absolute atomic E-state index is 12.9. The van der Waals surface area contributed by atoms with Crippen LogP contribution in [0.3, 0.4) is 0 Å². The van der Waals surface area contributed by atoms with Crippen molar-refractivity contribution in [2.45, 2.75) is 38.8 Å². The molecule has 5 heteroatoms. The first kappa shape index (κ1) is 18.8. The van der Waals surface area contributed by atoms with Gasteiger partial charge >= 0.3 is 0 Å². The maximum atomic E-state index is 12.9. The highest BCUT2D eigenvalue weighted by atomic mass is 35.5. The molecule has 27 heavy (non-hydrogen) atoms. The molecule has 2 heterocycles. The number of hydrogen-bond donors (Lipinski definition) is 1. The molecule has 4 rings (SSSR count). The lowest BCUT2D eigenvalue weighted by Crippen LogP contribution is -2.30. The van der Waals surface area contributed by atoms with Gasteiger partial charge in [-0.15, -0.1) is 0 Å². The molecule has 2 aliphatic heterocycles. The van der Waals surface area contributed by atoms with E-state index in [9.17, 15) is 4.79 Å². The fourth-order valence-corrected chi connectivity index (χ4v) is 4.76. The summed E-state index contributed by atoms with van der Waals surface area (Å²) < 4.78 is 0. The number of benzene rings is 2. The molecule has 0 spiro atoms. The number of piperidine rings is 1. The summed E-state index contributed by atoms with van der Waals surface area (Å²) in [7, 11) is 0. The van der Waals surface area contributed by atoms with E-state index in [0.717, 1.165) is 24.2 Å². The number of hydrogen-bond acceptors (Lipinski definition) is 2. The van der Waals surface area contributed by atoms with Crippen molar-refractivity contribution < 1.29 is 4.79 Å². The summed E-state index contributed by atoms with van der Waals surface area (Å²) in [5, 5.41) is 4.72. The standard InChI is InChI=1S/C22H24Cl2N2O/c1-14(16-6-8-25-9-7-16)17-10-18-13-26(22(27)21(18)20(24)11-17)12-15-2-4-19(23)5-3-15/h2-5,10-11,14,16,25H,6-9,12-13H2,1H3. The number of amides is 1. The number of nitrogens with one attached hydrogen (secondary N) is 1. The van der Waals surface area contributed by atoms with E-state index < -0.39 is 0 Å². The fourth-order valence-electron chi connectivity index (χ4n) is 4.30. The zero-order valence-corrected chi connectivity index (χ0v) is 17.0. The SMILES string of the molecule is CC(c1cc(Cl)c2c(c1)CN(Cc1ccc(Cl)cc1)C2=O)C1CCNCC1. The van der Waals surface area contributed by atoms with Crippen LogP contribution >= 0.6 is 23.2 Å². The second-order valence-electron chi connectivity index (χ2n) is 7.70. The molecule has 3 nitrogen and oxygen atoms in total. The lowest BCUT2D eigenvalue weighted by atomic mass is 9.81. The Kier molecular flexibility index (Phi) is 5.45. The summed E-state index contributed by atoms with van der Waals surface area (Å²) in [6, 6.07) is 11.9. The summed E-state index contributed by atoms with van der Waals surface area (Å²) in [5.74, 6) is 1.14. The molecule has 1 amide bonds. The van der Waals surface area contributed by atoms with Gasteiger partial charge in [0.2, 0.25) is 0 Å². The molecule has 2 aliphatic rings. The lowest BCUT2D eigenvalue weighted by molar-refractivity contribution is 0.0767. The molecular formula is C22H24Cl2N2O. The molecule has 1 N–H and O–H groups in total. The van der Waals surface area contributed by atoms with Gasteiger partial charge in [-0.1, -0.05) is 48.3 Å². The quantitative estimate of drug-likeness (QED) is 0.756. The highest BCUT2D eigenvalue weighted by Crippen LogP contribution is 2.37. The van der Waals surface area contributed by atoms with Crippen LogP contribution in [0.2, 0.25) is 10.0 Å². The van der Waals surface area contributed by atoms with Gasteiger partial charge in [-0.2, -0.15) is 0 Å². The van der Waals surface area contributed by atoms with E-state index in [2.05, 4.69) is 18.3 Å². The second kappa shape index (κ2) is 7.83. The third kappa shape index (κ3) is 3.87. The van der Waals surface area contributed by atoms with Crippen molar-refractivity contribution >= 4 is 29.1 Å². The molecule has 1 atom stereocenters. The molecule has 142 valence electrons. The smallest absolute Gasteiger partial charge is 0.256 e.